The van der Waals surface area contributed by atoms with Crippen molar-refractivity contribution in [1.29, 1.82) is 0 Å². The van der Waals surface area contributed by atoms with E-state index in [1.165, 1.54) is 0 Å². The van der Waals surface area contributed by atoms with E-state index in [4.69, 9.17) is 9.47 Å². The molecule has 1 amide bonds. The molecule has 20 heavy (non-hydrogen) atoms. The Bertz CT molecular complexity index is 337. The molecule has 0 bridgehead atoms. The van der Waals surface area contributed by atoms with Crippen LogP contribution in [0, 0.1) is 0 Å². The molecule has 5 heteroatoms. The molecule has 0 aliphatic carbocycles. The summed E-state index contributed by atoms with van der Waals surface area (Å²) in [6.45, 7) is 14.9. The van der Waals surface area contributed by atoms with Crippen molar-refractivity contribution in [3.05, 3.63) is 12.2 Å². The number of nitrogens with zero attached hydrogens (tertiary/aromatic N) is 1. The lowest BCUT2D eigenvalue weighted by molar-refractivity contribution is 0.0290. The molecule has 5 nitrogen and oxygen atoms in total. The fourth-order valence-corrected chi connectivity index (χ4v) is 2.00. The van der Waals surface area contributed by atoms with Gasteiger partial charge in [-0.2, -0.15) is 0 Å². The van der Waals surface area contributed by atoms with Gasteiger partial charge in [0.05, 0.1) is 13.2 Å². The molecule has 0 aromatic carbocycles. The summed E-state index contributed by atoms with van der Waals surface area (Å²) in [7, 11) is 0. The first-order valence-corrected chi connectivity index (χ1v) is 7.21. The van der Waals surface area contributed by atoms with Crippen LogP contribution in [-0.2, 0) is 9.47 Å². The Hall–Kier alpha value is -1.07. The van der Waals surface area contributed by atoms with Gasteiger partial charge in [0.15, 0.2) is 0 Å². The molecular weight excluding hydrogens is 256 g/mol. The predicted octanol–water partition coefficient (Wildman–Crippen LogP) is 2.18. The van der Waals surface area contributed by atoms with E-state index < -0.39 is 5.60 Å². The first-order chi connectivity index (χ1) is 9.28. The Morgan fingerprint density at radius 1 is 1.45 bits per heavy atom. The maximum Gasteiger partial charge on any atom is 0.410 e. The smallest absolute Gasteiger partial charge is 0.410 e. The van der Waals surface area contributed by atoms with Crippen LogP contribution in [0.25, 0.3) is 0 Å². The second-order valence-corrected chi connectivity index (χ2v) is 6.38. The van der Waals surface area contributed by atoms with Crippen LogP contribution >= 0.6 is 0 Å². The average Bonchev–Trinajstić information content (AvgIpc) is 2.74. The van der Waals surface area contributed by atoms with Crippen molar-refractivity contribution < 1.29 is 14.3 Å². The van der Waals surface area contributed by atoms with Crippen LogP contribution in [0.1, 0.15) is 34.1 Å². The van der Waals surface area contributed by atoms with Crippen molar-refractivity contribution in [2.75, 3.05) is 32.8 Å². The van der Waals surface area contributed by atoms with Gasteiger partial charge >= 0.3 is 6.09 Å². The monoisotopic (exact) mass is 284 g/mol. The van der Waals surface area contributed by atoms with E-state index in [1.54, 1.807) is 4.90 Å². The third-order valence-corrected chi connectivity index (χ3v) is 2.87. The molecule has 0 saturated carbocycles. The standard InChI is InChI=1S/C15H28N2O3/c1-12(2)11-19-9-7-16-13-6-8-17(10-13)14(18)20-15(3,4)5/h13,16H,1,6-11H2,2-5H3. The van der Waals surface area contributed by atoms with Gasteiger partial charge in [0.1, 0.15) is 5.60 Å². The topological polar surface area (TPSA) is 50.8 Å². The van der Waals surface area contributed by atoms with Crippen LogP contribution < -0.4 is 5.32 Å². The van der Waals surface area contributed by atoms with Gasteiger partial charge in [-0.05, 0) is 34.1 Å². The summed E-state index contributed by atoms with van der Waals surface area (Å²) in [4.78, 5) is 13.7. The third-order valence-electron chi connectivity index (χ3n) is 2.87. The highest BCUT2D eigenvalue weighted by Gasteiger charge is 2.29. The van der Waals surface area contributed by atoms with Crippen LogP contribution in [0.5, 0.6) is 0 Å². The summed E-state index contributed by atoms with van der Waals surface area (Å²) in [6, 6.07) is 0.330. The Morgan fingerprint density at radius 2 is 2.15 bits per heavy atom. The van der Waals surface area contributed by atoms with Crippen molar-refractivity contribution >= 4 is 6.09 Å². The Balaban J connectivity index is 2.16. The number of carbonyl (C=O) groups is 1. The van der Waals surface area contributed by atoms with Crippen LogP contribution in [0.4, 0.5) is 4.79 Å². The van der Waals surface area contributed by atoms with E-state index in [9.17, 15) is 4.79 Å². The third kappa shape index (κ3) is 6.91. The number of rotatable bonds is 6. The van der Waals surface area contributed by atoms with E-state index in [0.717, 1.165) is 25.1 Å². The van der Waals surface area contributed by atoms with Crippen molar-refractivity contribution in [3.8, 4) is 0 Å². The van der Waals surface area contributed by atoms with Crippen LogP contribution in [0.3, 0.4) is 0 Å². The molecule has 0 aromatic heterocycles. The van der Waals surface area contributed by atoms with Crippen molar-refractivity contribution in [1.82, 2.24) is 10.2 Å². The SMILES string of the molecule is C=C(C)COCCNC1CCN(C(=O)OC(C)(C)C)C1. The number of hydrogen-bond donors (Lipinski definition) is 1. The lowest BCUT2D eigenvalue weighted by Gasteiger charge is -2.24. The van der Waals surface area contributed by atoms with Gasteiger partial charge < -0.3 is 19.7 Å². The molecule has 1 fully saturated rings. The number of hydrogen-bond acceptors (Lipinski definition) is 4. The molecule has 1 saturated heterocycles. The summed E-state index contributed by atoms with van der Waals surface area (Å²) < 4.78 is 10.8. The largest absolute Gasteiger partial charge is 0.444 e. The molecule has 0 aromatic rings. The zero-order chi connectivity index (χ0) is 15.2. The molecule has 0 spiro atoms. The molecule has 1 aliphatic rings. The van der Waals surface area contributed by atoms with Crippen molar-refractivity contribution in [3.63, 3.8) is 0 Å². The molecule has 116 valence electrons. The molecule has 1 rings (SSSR count). The first-order valence-electron chi connectivity index (χ1n) is 7.21. The maximum atomic E-state index is 11.9. The van der Waals surface area contributed by atoms with E-state index in [-0.39, 0.29) is 6.09 Å². The minimum atomic E-state index is -0.432. The van der Waals surface area contributed by atoms with Gasteiger partial charge in [-0.15, -0.1) is 0 Å². The van der Waals surface area contributed by atoms with Crippen molar-refractivity contribution in [2.45, 2.75) is 45.8 Å². The Morgan fingerprint density at radius 3 is 2.75 bits per heavy atom. The van der Waals surface area contributed by atoms with Gasteiger partial charge in [-0.25, -0.2) is 4.79 Å². The van der Waals surface area contributed by atoms with Crippen LogP contribution in [0.15, 0.2) is 12.2 Å². The maximum absolute atomic E-state index is 11.9. The highest BCUT2D eigenvalue weighted by atomic mass is 16.6. The average molecular weight is 284 g/mol. The molecule has 1 aliphatic heterocycles. The summed E-state index contributed by atoms with van der Waals surface area (Å²) in [5.41, 5.74) is 0.598. The Kier molecular flexibility index (Phi) is 6.49. The summed E-state index contributed by atoms with van der Waals surface area (Å²) in [5.74, 6) is 0. The predicted molar refractivity (Wildman–Crippen MR) is 79.8 cm³/mol. The minimum absolute atomic E-state index is 0.222. The van der Waals surface area contributed by atoms with Crippen LogP contribution in [-0.4, -0.2) is 55.5 Å². The highest BCUT2D eigenvalue weighted by Crippen LogP contribution is 2.15. The fourth-order valence-electron chi connectivity index (χ4n) is 2.00. The van der Waals surface area contributed by atoms with Crippen molar-refractivity contribution in [2.24, 2.45) is 0 Å². The molecule has 1 heterocycles. The second kappa shape index (κ2) is 7.64. The zero-order valence-electron chi connectivity index (χ0n) is 13.2. The number of ether oxygens (including phenoxy) is 2. The number of amides is 1. The van der Waals surface area contributed by atoms with Gasteiger partial charge in [0.2, 0.25) is 0 Å². The number of nitrogens with one attached hydrogen (secondary N) is 1. The molecule has 1 N–H and O–H groups in total. The van der Waals surface area contributed by atoms with Gasteiger partial charge in [0.25, 0.3) is 0 Å². The molecule has 1 unspecified atom stereocenters. The Labute approximate surface area is 122 Å². The normalized spacial score (nSPS) is 19.2. The van der Waals surface area contributed by atoms with E-state index in [2.05, 4.69) is 11.9 Å². The summed E-state index contributed by atoms with van der Waals surface area (Å²) in [6.07, 6.45) is 0.736. The van der Waals surface area contributed by atoms with E-state index in [0.29, 0.717) is 25.8 Å². The minimum Gasteiger partial charge on any atom is -0.444 e. The molecule has 1 atom stereocenters. The van der Waals surface area contributed by atoms with Gasteiger partial charge in [-0.1, -0.05) is 12.2 Å². The highest BCUT2D eigenvalue weighted by molar-refractivity contribution is 5.68. The molecule has 0 radical (unpaired) electrons. The fraction of sp³-hybridized carbons (Fsp3) is 0.800. The zero-order valence-corrected chi connectivity index (χ0v) is 13.2. The lowest BCUT2D eigenvalue weighted by atomic mass is 10.2. The first kappa shape index (κ1) is 17.0. The second-order valence-electron chi connectivity index (χ2n) is 6.38. The number of likely N-dealkylation sites (tertiary alicyclic amines) is 1. The lowest BCUT2D eigenvalue weighted by Crippen LogP contribution is -2.39. The van der Waals surface area contributed by atoms with E-state index in [1.807, 2.05) is 27.7 Å². The van der Waals surface area contributed by atoms with Gasteiger partial charge in [0, 0.05) is 25.7 Å². The van der Waals surface area contributed by atoms with Crippen LogP contribution in [0.2, 0.25) is 0 Å². The summed E-state index contributed by atoms with van der Waals surface area (Å²) in [5, 5.41) is 3.40. The number of carbonyl (C=O) groups excluding carboxylic acids is 1. The quantitative estimate of drug-likeness (QED) is 0.600. The molecular formula is C15H28N2O3. The van der Waals surface area contributed by atoms with Gasteiger partial charge in [-0.3, -0.25) is 0 Å². The van der Waals surface area contributed by atoms with E-state index >= 15 is 0 Å². The summed E-state index contributed by atoms with van der Waals surface area (Å²) >= 11 is 0.